The molecule has 0 atom stereocenters. The number of hydrogen-bond acceptors (Lipinski definition) is 4. The van der Waals surface area contributed by atoms with E-state index in [0.717, 1.165) is 22.3 Å². The molecule has 3 aromatic rings. The number of fused-ring (bicyclic) bond motifs is 1. The number of amides is 1. The van der Waals surface area contributed by atoms with Crippen molar-refractivity contribution in [2.24, 2.45) is 0 Å². The molecular weight excluding hydrogens is 444 g/mol. The fourth-order valence-corrected chi connectivity index (χ4v) is 4.36. The minimum absolute atomic E-state index is 0.0579. The van der Waals surface area contributed by atoms with Gasteiger partial charge in [0.2, 0.25) is 5.91 Å². The van der Waals surface area contributed by atoms with E-state index < -0.39 is 17.7 Å². The minimum atomic E-state index is -3.71. The number of hydrogen-bond donors (Lipinski definition) is 2. The molecule has 1 aliphatic heterocycles. The molecule has 1 saturated carbocycles. The summed E-state index contributed by atoms with van der Waals surface area (Å²) >= 11 is 0. The van der Waals surface area contributed by atoms with E-state index in [-0.39, 0.29) is 23.0 Å². The molecule has 174 valence electrons. The zero-order valence-electron chi connectivity index (χ0n) is 18.4. The molecule has 0 saturated heterocycles. The summed E-state index contributed by atoms with van der Waals surface area (Å²) in [7, 11) is 0. The van der Waals surface area contributed by atoms with E-state index in [9.17, 15) is 23.5 Å². The lowest BCUT2D eigenvalue weighted by Gasteiger charge is -2.18. The second-order valence-corrected chi connectivity index (χ2v) is 8.73. The van der Waals surface area contributed by atoms with E-state index >= 15 is 0 Å². The number of carbonyl (C=O) groups is 2. The topological polar surface area (TPSA) is 84.9 Å². The number of carbonyl (C=O) groups excluding carboxylic acids is 1. The van der Waals surface area contributed by atoms with Crippen molar-refractivity contribution in [1.29, 1.82) is 0 Å². The van der Waals surface area contributed by atoms with Gasteiger partial charge in [0, 0.05) is 5.69 Å². The number of benzene rings is 3. The van der Waals surface area contributed by atoms with Gasteiger partial charge in [0.15, 0.2) is 11.5 Å². The molecule has 6 nitrogen and oxygen atoms in total. The molecule has 0 spiro atoms. The lowest BCUT2D eigenvalue weighted by molar-refractivity contribution is -0.286. The third-order valence-corrected chi connectivity index (χ3v) is 6.40. The predicted molar refractivity (Wildman–Crippen MR) is 120 cm³/mol. The van der Waals surface area contributed by atoms with Gasteiger partial charge in [0.25, 0.3) is 0 Å². The molecule has 0 bridgehead atoms. The summed E-state index contributed by atoms with van der Waals surface area (Å²) in [5, 5.41) is 12.2. The first-order valence-electron chi connectivity index (χ1n) is 10.7. The average Bonchev–Trinajstić information content (AvgIpc) is 3.52. The van der Waals surface area contributed by atoms with Crippen LogP contribution >= 0.6 is 0 Å². The number of nitrogens with one attached hydrogen (secondary N) is 1. The van der Waals surface area contributed by atoms with Gasteiger partial charge in [-0.3, -0.25) is 4.79 Å². The summed E-state index contributed by atoms with van der Waals surface area (Å²) in [4.78, 5) is 24.5. The van der Waals surface area contributed by atoms with Gasteiger partial charge in [-0.15, -0.1) is 8.78 Å². The fourth-order valence-electron chi connectivity index (χ4n) is 4.36. The number of anilines is 1. The number of rotatable bonds is 5. The Labute approximate surface area is 194 Å². The van der Waals surface area contributed by atoms with Crippen LogP contribution in [-0.2, 0) is 10.2 Å². The maximum absolute atomic E-state index is 13.4. The lowest BCUT2D eigenvalue weighted by Crippen LogP contribution is -2.28. The van der Waals surface area contributed by atoms with Crippen molar-refractivity contribution >= 4 is 17.6 Å². The van der Waals surface area contributed by atoms with Crippen LogP contribution in [0, 0.1) is 13.8 Å². The van der Waals surface area contributed by atoms with Crippen molar-refractivity contribution in [3.63, 3.8) is 0 Å². The van der Waals surface area contributed by atoms with E-state index in [1.807, 2.05) is 26.0 Å². The Balaban J connectivity index is 1.41. The van der Waals surface area contributed by atoms with Crippen LogP contribution < -0.4 is 14.8 Å². The Morgan fingerprint density at radius 3 is 2.29 bits per heavy atom. The third-order valence-electron chi connectivity index (χ3n) is 6.40. The largest absolute Gasteiger partial charge is 0.586 e. The van der Waals surface area contributed by atoms with Gasteiger partial charge in [-0.05, 0) is 90.9 Å². The predicted octanol–water partition coefficient (Wildman–Crippen LogP) is 5.66. The normalized spacial score (nSPS) is 16.7. The number of ether oxygens (including phenoxy) is 2. The Morgan fingerprint density at radius 2 is 1.62 bits per heavy atom. The molecule has 3 aromatic carbocycles. The van der Waals surface area contributed by atoms with Crippen molar-refractivity contribution in [3.05, 3.63) is 76.9 Å². The van der Waals surface area contributed by atoms with Crippen LogP contribution in [0.2, 0.25) is 0 Å². The maximum Gasteiger partial charge on any atom is 0.586 e. The van der Waals surface area contributed by atoms with Crippen molar-refractivity contribution in [3.8, 4) is 22.6 Å². The molecule has 0 unspecified atom stereocenters. The standard InChI is InChI=1S/C26H21F2NO5/c1-14-3-6-18(13-20(14)19-7-4-16(23(30)31)11-15(19)2)29-24(32)25(9-10-25)17-5-8-21-22(12-17)34-26(27,28)33-21/h3-8,11-13H,9-10H2,1-2H3,(H,29,32)(H,30,31). The Bertz CT molecular complexity index is 1350. The second-order valence-electron chi connectivity index (χ2n) is 8.73. The number of alkyl halides is 2. The average molecular weight is 465 g/mol. The molecule has 2 N–H and O–H groups in total. The summed E-state index contributed by atoms with van der Waals surface area (Å²) in [6.07, 6.45) is -2.54. The minimum Gasteiger partial charge on any atom is -0.478 e. The molecule has 0 radical (unpaired) electrons. The molecular formula is C26H21F2NO5. The number of carboxylic acids is 1. The summed E-state index contributed by atoms with van der Waals surface area (Å²) < 4.78 is 35.7. The SMILES string of the molecule is Cc1cc(C(=O)O)ccc1-c1cc(NC(=O)C2(c3ccc4c(c3)OC(F)(F)O4)CC2)ccc1C. The van der Waals surface area contributed by atoms with E-state index in [4.69, 9.17) is 0 Å². The first-order chi connectivity index (χ1) is 16.1. The van der Waals surface area contributed by atoms with Gasteiger partial charge in [-0.1, -0.05) is 18.2 Å². The van der Waals surface area contributed by atoms with Crippen LogP contribution in [0.5, 0.6) is 11.5 Å². The first kappa shape index (κ1) is 21.9. The van der Waals surface area contributed by atoms with Crippen LogP contribution in [0.25, 0.3) is 11.1 Å². The lowest BCUT2D eigenvalue weighted by atomic mass is 9.93. The maximum atomic E-state index is 13.4. The molecule has 34 heavy (non-hydrogen) atoms. The van der Waals surface area contributed by atoms with Crippen LogP contribution in [0.4, 0.5) is 14.5 Å². The van der Waals surface area contributed by atoms with Gasteiger partial charge in [-0.25, -0.2) is 4.79 Å². The van der Waals surface area contributed by atoms with Gasteiger partial charge in [0.05, 0.1) is 11.0 Å². The highest BCUT2D eigenvalue weighted by Gasteiger charge is 2.52. The van der Waals surface area contributed by atoms with Crippen LogP contribution in [0.15, 0.2) is 54.6 Å². The van der Waals surface area contributed by atoms with Gasteiger partial charge in [0.1, 0.15) is 0 Å². The Morgan fingerprint density at radius 1 is 0.882 bits per heavy atom. The number of carboxylic acid groups (broad SMARTS) is 1. The highest BCUT2D eigenvalue weighted by Crippen LogP contribution is 2.52. The monoisotopic (exact) mass is 465 g/mol. The highest BCUT2D eigenvalue weighted by molar-refractivity contribution is 6.02. The molecule has 1 fully saturated rings. The van der Waals surface area contributed by atoms with E-state index in [2.05, 4.69) is 14.8 Å². The first-order valence-corrected chi connectivity index (χ1v) is 10.7. The number of halogens is 2. The molecule has 5 rings (SSSR count). The van der Waals surface area contributed by atoms with Crippen molar-refractivity contribution in [2.45, 2.75) is 38.4 Å². The molecule has 8 heteroatoms. The smallest absolute Gasteiger partial charge is 0.478 e. The second kappa shape index (κ2) is 7.55. The molecule has 1 aliphatic carbocycles. The summed E-state index contributed by atoms with van der Waals surface area (Å²) in [5.74, 6) is -1.36. The zero-order chi connectivity index (χ0) is 24.3. The Kier molecular flexibility index (Phi) is 4.86. The van der Waals surface area contributed by atoms with Crippen LogP contribution in [-0.4, -0.2) is 23.3 Å². The van der Waals surface area contributed by atoms with Crippen molar-refractivity contribution in [2.75, 3.05) is 5.32 Å². The Hall–Kier alpha value is -3.94. The van der Waals surface area contributed by atoms with E-state index in [1.165, 1.54) is 12.1 Å². The van der Waals surface area contributed by atoms with Gasteiger partial charge >= 0.3 is 12.3 Å². The molecule has 1 amide bonds. The molecule has 2 aliphatic rings. The summed E-state index contributed by atoms with van der Waals surface area (Å²) in [6.45, 7) is 3.78. The van der Waals surface area contributed by atoms with Gasteiger partial charge < -0.3 is 19.9 Å². The molecule has 0 aromatic heterocycles. The van der Waals surface area contributed by atoms with E-state index in [1.54, 1.807) is 30.3 Å². The van der Waals surface area contributed by atoms with Crippen LogP contribution in [0.3, 0.4) is 0 Å². The fraction of sp³-hybridized carbons (Fsp3) is 0.231. The van der Waals surface area contributed by atoms with Crippen molar-refractivity contribution in [1.82, 2.24) is 0 Å². The summed E-state index contributed by atoms with van der Waals surface area (Å²) in [6, 6.07) is 14.9. The van der Waals surface area contributed by atoms with E-state index in [0.29, 0.717) is 24.1 Å². The van der Waals surface area contributed by atoms with Crippen LogP contribution in [0.1, 0.15) is 39.9 Å². The molecule has 1 heterocycles. The number of aromatic carboxylic acids is 1. The zero-order valence-corrected chi connectivity index (χ0v) is 18.4. The third kappa shape index (κ3) is 3.75. The summed E-state index contributed by atoms with van der Waals surface area (Å²) in [5.41, 5.74) is 4.10. The highest BCUT2D eigenvalue weighted by atomic mass is 19.3. The van der Waals surface area contributed by atoms with Crippen molar-refractivity contribution < 1.29 is 33.0 Å². The van der Waals surface area contributed by atoms with Gasteiger partial charge in [-0.2, -0.15) is 0 Å². The quantitative estimate of drug-likeness (QED) is 0.508. The number of aryl methyl sites for hydroxylation is 2.